The van der Waals surface area contributed by atoms with Gasteiger partial charge < -0.3 is 0 Å². The fourth-order valence-corrected chi connectivity index (χ4v) is 0.394. The van der Waals surface area contributed by atoms with Gasteiger partial charge in [0.15, 0.2) is 0 Å². The van der Waals surface area contributed by atoms with E-state index >= 15 is 0 Å². The summed E-state index contributed by atoms with van der Waals surface area (Å²) in [5, 5.41) is 8.13. The van der Waals surface area contributed by atoms with Crippen LogP contribution in [0, 0.1) is 0 Å². The minimum absolute atomic E-state index is 0.0746. The Balaban J connectivity index is -0.0000000353. The molecule has 0 bridgehead atoms. The third kappa shape index (κ3) is 189. The predicted octanol–water partition coefficient (Wildman–Crippen LogP) is -1.76. The topological polar surface area (TPSA) is 106 Å². The van der Waals surface area contributed by atoms with Crippen molar-refractivity contribution in [3.05, 3.63) is 0 Å². The van der Waals surface area contributed by atoms with Crippen LogP contribution < -0.4 is 0 Å². The number of hydrogen-bond donors (Lipinski definition) is 1. The summed E-state index contributed by atoms with van der Waals surface area (Å²) in [6.07, 6.45) is 0.900. The second kappa shape index (κ2) is 77.1. The summed E-state index contributed by atoms with van der Waals surface area (Å²) in [7, 11) is 0. The summed E-state index contributed by atoms with van der Waals surface area (Å²) in [5.74, 6) is 0. The quantitative estimate of drug-likeness (QED) is 0.643. The summed E-state index contributed by atoms with van der Waals surface area (Å²) in [6.45, 7) is 18.1. The Hall–Kier alpha value is -1.18. The Labute approximate surface area is 96.6 Å². The second-order valence-electron chi connectivity index (χ2n) is 1.16. The van der Waals surface area contributed by atoms with Crippen LogP contribution in [-0.2, 0) is 39.7 Å². The van der Waals surface area contributed by atoms with E-state index in [0.717, 1.165) is 0 Å². The zero-order valence-corrected chi connectivity index (χ0v) is 8.48. The van der Waals surface area contributed by atoms with Crippen LogP contribution in [0.4, 0.5) is 0 Å². The average molecular weight is 258 g/mol. The molecule has 0 heterocycles. The number of carbonyl (C=O) groups is 1. The number of aliphatic hydroxyl groups is 1. The summed E-state index contributed by atoms with van der Waals surface area (Å²) < 4.78 is -0.165. The molecule has 8 radical (unpaired) electrons. The molecule has 0 saturated carbocycles. The van der Waals surface area contributed by atoms with Gasteiger partial charge in [0.05, 0.1) is 0 Å². The first-order valence-corrected chi connectivity index (χ1v) is 3.38. The van der Waals surface area contributed by atoms with E-state index in [0.29, 0.717) is 12.8 Å². The molecule has 0 aliphatic rings. The van der Waals surface area contributed by atoms with Crippen LogP contribution in [0.2, 0.25) is 0 Å². The van der Waals surface area contributed by atoms with Crippen molar-refractivity contribution in [2.45, 2.75) is 12.8 Å². The zero-order valence-electron chi connectivity index (χ0n) is 7.44. The molecule has 15 heavy (non-hydrogen) atoms. The van der Waals surface area contributed by atoms with Gasteiger partial charge in [-0.15, -0.1) is 0 Å². The average Bonchev–Trinajstić information content (AvgIpc) is 2.36. The number of rotatable bonds is 3. The van der Waals surface area contributed by atoms with Crippen LogP contribution in [0.15, 0.2) is 0 Å². The summed E-state index contributed by atoms with van der Waals surface area (Å²) in [6, 6.07) is 0. The van der Waals surface area contributed by atoms with Crippen molar-refractivity contribution < 1.29 is 44.8 Å². The normalized spacial score (nSPS) is 5.27. The third-order valence-electron chi connectivity index (χ3n) is 0.520. The minimum Gasteiger partial charge on any atom is -0.281 e. The summed E-state index contributed by atoms with van der Waals surface area (Å²) in [4.78, 5) is 40.0. The maximum Gasteiger partial charge on any atom is 0.281 e. The SMILES string of the molecule is O=[C]([Co])CCCO.[C]=O.[C]=O.[C]=O.[C]=O. The van der Waals surface area contributed by atoms with Crippen LogP contribution in [0.5, 0.6) is 0 Å². The molecule has 0 aromatic rings. The van der Waals surface area contributed by atoms with Crippen molar-refractivity contribution in [2.24, 2.45) is 0 Å². The molecule has 0 rings (SSSR count). The first kappa shape index (κ1) is 29.2. The zero-order chi connectivity index (χ0) is 13.7. The smallest absolute Gasteiger partial charge is 0.281 e. The third-order valence-corrected chi connectivity index (χ3v) is 0.781. The van der Waals surface area contributed by atoms with E-state index in [1.165, 1.54) is 0 Å². The fourth-order valence-electron chi connectivity index (χ4n) is 0.210. The summed E-state index contributed by atoms with van der Waals surface area (Å²) in [5.41, 5.74) is 0. The molecular weight excluding hydrogens is 251 g/mol. The molecule has 7 heteroatoms. The maximum atomic E-state index is 9.95. The van der Waals surface area contributed by atoms with Crippen molar-refractivity contribution in [3.63, 3.8) is 0 Å². The Bertz CT molecular complexity index is 103. The van der Waals surface area contributed by atoms with Gasteiger partial charge in [-0.3, -0.25) is 19.2 Å². The van der Waals surface area contributed by atoms with E-state index < -0.39 is 0 Å². The molecule has 0 aliphatic heterocycles. The van der Waals surface area contributed by atoms with Gasteiger partial charge in [0.25, 0.3) is 27.2 Å². The molecule has 84 valence electrons. The molecule has 0 saturated heterocycles. The molecule has 0 aromatic carbocycles. The van der Waals surface area contributed by atoms with Crippen LogP contribution in [-0.4, -0.2) is 43.6 Å². The Morgan fingerprint density at radius 2 is 1.20 bits per heavy atom. The van der Waals surface area contributed by atoms with Gasteiger partial charge in [0.2, 0.25) is 0 Å². The van der Waals surface area contributed by atoms with Crippen molar-refractivity contribution in [3.8, 4) is 0 Å². The van der Waals surface area contributed by atoms with Gasteiger partial charge in [-0.2, -0.15) is 0 Å². The Morgan fingerprint density at radius 3 is 1.27 bits per heavy atom. The maximum absolute atomic E-state index is 9.95. The largest absolute Gasteiger partial charge is 0.281 e. The fraction of sp³-hybridized carbons (Fsp3) is 0.375. The van der Waals surface area contributed by atoms with Crippen molar-refractivity contribution in [1.29, 1.82) is 0 Å². The monoisotopic (exact) mass is 258 g/mol. The van der Waals surface area contributed by atoms with Crippen LogP contribution in [0.25, 0.3) is 0 Å². The van der Waals surface area contributed by atoms with E-state index in [9.17, 15) is 4.79 Å². The molecule has 0 fully saturated rings. The molecule has 6 nitrogen and oxygen atoms in total. The van der Waals surface area contributed by atoms with Gasteiger partial charge in [0.1, 0.15) is 0 Å². The Morgan fingerprint density at radius 1 is 0.933 bits per heavy atom. The first-order chi connectivity index (χ1) is 7.27. The van der Waals surface area contributed by atoms with Gasteiger partial charge in [-0.25, -0.2) is 0 Å². The molecule has 0 spiro atoms. The van der Waals surface area contributed by atoms with E-state index in [1.54, 1.807) is 0 Å². The first-order valence-electron chi connectivity index (χ1n) is 2.86. The van der Waals surface area contributed by atoms with Crippen LogP contribution in [0.3, 0.4) is 0 Å². The van der Waals surface area contributed by atoms with Crippen LogP contribution in [0.1, 0.15) is 12.8 Å². The molecule has 0 amide bonds. The van der Waals surface area contributed by atoms with Crippen LogP contribution >= 0.6 is 0 Å². The van der Waals surface area contributed by atoms with Gasteiger partial charge >= 0.3 is 49.8 Å². The standard InChI is InChI=1S/C4H7O2.4CO.Co/c5-3-1-2-4-6;4*1-2;/h5H,1-3H2;;;;;. The molecular formula is C8H7CoO6. The summed E-state index contributed by atoms with van der Waals surface area (Å²) >= 11 is 3.53. The van der Waals surface area contributed by atoms with Gasteiger partial charge in [0, 0.05) is 0 Å². The van der Waals surface area contributed by atoms with Gasteiger partial charge in [-0.05, 0) is 0 Å². The van der Waals surface area contributed by atoms with E-state index in [1.807, 2.05) is 0 Å². The van der Waals surface area contributed by atoms with E-state index in [4.69, 9.17) is 24.3 Å². The Kier molecular flexibility index (Phi) is 150. The van der Waals surface area contributed by atoms with Crippen molar-refractivity contribution in [1.82, 2.24) is 0 Å². The molecule has 1 N–H and O–H groups in total. The number of aliphatic hydroxyl groups excluding tert-OH is 1. The second-order valence-corrected chi connectivity index (χ2v) is 1.74. The van der Waals surface area contributed by atoms with Gasteiger partial charge in [-0.1, -0.05) is 0 Å². The molecule has 0 unspecified atom stereocenters. The van der Waals surface area contributed by atoms with Crippen molar-refractivity contribution in [2.75, 3.05) is 6.61 Å². The number of hydrogen-bond acceptors (Lipinski definition) is 6. The molecule has 0 aromatic heterocycles. The van der Waals surface area contributed by atoms with Crippen molar-refractivity contribution >= 4 is 31.9 Å². The number of carbonyl (C=O) groups excluding carboxylic acids is 5. The predicted molar refractivity (Wildman–Crippen MR) is 44.1 cm³/mol. The molecule has 0 aliphatic carbocycles. The van der Waals surface area contributed by atoms with E-state index in [2.05, 4.69) is 42.9 Å². The van der Waals surface area contributed by atoms with E-state index in [-0.39, 0.29) is 11.3 Å². The molecule has 0 atom stereocenters. The minimum atomic E-state index is -0.165.